The minimum Gasteiger partial charge on any atom is -0.495 e. The molecule has 0 saturated carbocycles. The Labute approximate surface area is 167 Å². The van der Waals surface area contributed by atoms with E-state index in [9.17, 15) is 18.8 Å². The van der Waals surface area contributed by atoms with E-state index in [4.69, 9.17) is 4.74 Å². The van der Waals surface area contributed by atoms with Crippen LogP contribution in [0.15, 0.2) is 42.5 Å². The van der Waals surface area contributed by atoms with Crippen LogP contribution in [-0.2, 0) is 4.79 Å². The van der Waals surface area contributed by atoms with Crippen molar-refractivity contribution in [1.29, 1.82) is 0 Å². The third-order valence-corrected chi connectivity index (χ3v) is 3.89. The Bertz CT molecular complexity index is 904. The summed E-state index contributed by atoms with van der Waals surface area (Å²) in [7, 11) is 1.45. The van der Waals surface area contributed by atoms with Crippen molar-refractivity contribution < 1.29 is 23.5 Å². The topological polar surface area (TPSA) is 109 Å². The third-order valence-electron chi connectivity index (χ3n) is 3.89. The fraction of sp³-hybridized carbons (Fsp3) is 0.250. The zero-order valence-corrected chi connectivity index (χ0v) is 16.3. The molecule has 0 bridgehead atoms. The summed E-state index contributed by atoms with van der Waals surface area (Å²) in [5.74, 6) is -1.16. The number of halogens is 1. The molecule has 0 aliphatic rings. The first-order chi connectivity index (χ1) is 13.8. The molecule has 4 N–H and O–H groups in total. The van der Waals surface area contributed by atoms with E-state index in [2.05, 4.69) is 21.3 Å². The normalized spacial score (nSPS) is 11.2. The molecule has 29 heavy (non-hydrogen) atoms. The lowest BCUT2D eigenvalue weighted by Crippen LogP contribution is -2.45. The average Bonchev–Trinajstić information content (AvgIpc) is 2.68. The van der Waals surface area contributed by atoms with Gasteiger partial charge >= 0.3 is 6.03 Å². The quantitative estimate of drug-likeness (QED) is 0.570. The van der Waals surface area contributed by atoms with Gasteiger partial charge < -0.3 is 20.7 Å². The minimum atomic E-state index is -0.724. The molecule has 2 aromatic carbocycles. The number of carbonyl (C=O) groups is 3. The van der Waals surface area contributed by atoms with Crippen LogP contribution < -0.4 is 26.0 Å². The molecule has 0 heterocycles. The molecule has 0 radical (unpaired) electrons. The number of amides is 4. The predicted molar refractivity (Wildman–Crippen MR) is 108 cm³/mol. The van der Waals surface area contributed by atoms with Gasteiger partial charge in [-0.3, -0.25) is 14.9 Å². The second-order valence-electron chi connectivity index (χ2n) is 6.09. The second-order valence-corrected chi connectivity index (χ2v) is 6.09. The average molecular weight is 402 g/mol. The minimum absolute atomic E-state index is 0.153. The largest absolute Gasteiger partial charge is 0.495 e. The van der Waals surface area contributed by atoms with Gasteiger partial charge in [0, 0.05) is 17.8 Å². The highest BCUT2D eigenvalue weighted by atomic mass is 19.1. The van der Waals surface area contributed by atoms with Crippen LogP contribution in [0.2, 0.25) is 0 Å². The molecule has 2 aromatic rings. The highest BCUT2D eigenvalue weighted by Crippen LogP contribution is 2.28. The second kappa shape index (κ2) is 10.1. The van der Waals surface area contributed by atoms with E-state index in [0.717, 1.165) is 6.07 Å². The summed E-state index contributed by atoms with van der Waals surface area (Å²) in [6, 6.07) is 8.83. The van der Waals surface area contributed by atoms with Gasteiger partial charge in [-0.25, -0.2) is 9.18 Å². The molecule has 0 spiro atoms. The van der Waals surface area contributed by atoms with Gasteiger partial charge in [-0.15, -0.1) is 0 Å². The first kappa shape index (κ1) is 21.7. The van der Waals surface area contributed by atoms with Crippen molar-refractivity contribution in [3.05, 3.63) is 53.8 Å². The van der Waals surface area contributed by atoms with Crippen LogP contribution in [0.25, 0.3) is 0 Å². The lowest BCUT2D eigenvalue weighted by Gasteiger charge is -2.17. The van der Waals surface area contributed by atoms with E-state index >= 15 is 0 Å². The van der Waals surface area contributed by atoms with Gasteiger partial charge in [0.15, 0.2) is 0 Å². The van der Waals surface area contributed by atoms with Crippen molar-refractivity contribution in [3.8, 4) is 5.75 Å². The zero-order chi connectivity index (χ0) is 21.4. The fourth-order valence-electron chi connectivity index (χ4n) is 2.46. The van der Waals surface area contributed by atoms with Crippen LogP contribution in [0.3, 0.4) is 0 Å². The Morgan fingerprint density at radius 1 is 1.14 bits per heavy atom. The van der Waals surface area contributed by atoms with Crippen molar-refractivity contribution in [3.63, 3.8) is 0 Å². The molecule has 1 atom stereocenters. The number of imide groups is 1. The van der Waals surface area contributed by atoms with Crippen LogP contribution in [0.5, 0.6) is 5.75 Å². The number of urea groups is 1. The van der Waals surface area contributed by atoms with Crippen LogP contribution in [0, 0.1) is 5.82 Å². The van der Waals surface area contributed by atoms with Crippen LogP contribution in [0.4, 0.5) is 20.6 Å². The van der Waals surface area contributed by atoms with Gasteiger partial charge in [-0.2, -0.15) is 0 Å². The molecule has 0 fully saturated rings. The van der Waals surface area contributed by atoms with E-state index < -0.39 is 29.7 Å². The molecule has 1 unspecified atom stereocenters. The van der Waals surface area contributed by atoms with Gasteiger partial charge in [0.1, 0.15) is 17.6 Å². The Hall–Kier alpha value is -3.62. The summed E-state index contributed by atoms with van der Waals surface area (Å²) in [6.45, 7) is 3.72. The SMILES string of the molecule is CCNC(=O)NC(=O)C(C)Nc1ccc(OC)c(NC(=O)c2cccc(F)c2)c1. The monoisotopic (exact) mass is 402 g/mol. The van der Waals surface area contributed by atoms with Gasteiger partial charge in [-0.1, -0.05) is 6.07 Å². The Morgan fingerprint density at radius 3 is 2.55 bits per heavy atom. The van der Waals surface area contributed by atoms with E-state index in [1.165, 1.54) is 25.3 Å². The van der Waals surface area contributed by atoms with Gasteiger partial charge in [-0.05, 0) is 50.2 Å². The van der Waals surface area contributed by atoms with E-state index in [-0.39, 0.29) is 5.56 Å². The van der Waals surface area contributed by atoms with Gasteiger partial charge in [0.25, 0.3) is 5.91 Å². The predicted octanol–water partition coefficient (Wildman–Crippen LogP) is 2.73. The Balaban J connectivity index is 2.12. The van der Waals surface area contributed by atoms with Crippen LogP contribution >= 0.6 is 0 Å². The first-order valence-corrected chi connectivity index (χ1v) is 8.94. The summed E-state index contributed by atoms with van der Waals surface area (Å²) < 4.78 is 18.6. The fourth-order valence-corrected chi connectivity index (χ4v) is 2.46. The smallest absolute Gasteiger partial charge is 0.321 e. The number of carbonyl (C=O) groups excluding carboxylic acids is 3. The van der Waals surface area contributed by atoms with Crippen LogP contribution in [0.1, 0.15) is 24.2 Å². The lowest BCUT2D eigenvalue weighted by atomic mass is 10.2. The highest BCUT2D eigenvalue weighted by Gasteiger charge is 2.17. The lowest BCUT2D eigenvalue weighted by molar-refractivity contribution is -0.120. The number of rotatable bonds is 7. The summed E-state index contributed by atoms with van der Waals surface area (Å²) >= 11 is 0. The summed E-state index contributed by atoms with van der Waals surface area (Å²) in [6.07, 6.45) is 0. The standard InChI is InChI=1S/C20H23FN4O4/c1-4-22-20(28)25-18(26)12(2)23-15-8-9-17(29-3)16(11-15)24-19(27)13-6-5-7-14(21)10-13/h5-12,23H,4H2,1-3H3,(H,24,27)(H2,22,25,26,28). The molecule has 9 heteroatoms. The summed E-state index contributed by atoms with van der Waals surface area (Å²) in [4.78, 5) is 35.9. The number of hydrogen-bond donors (Lipinski definition) is 4. The van der Waals surface area contributed by atoms with Crippen molar-refractivity contribution >= 4 is 29.2 Å². The molecule has 2 rings (SSSR count). The number of ether oxygens (including phenoxy) is 1. The molecule has 0 aliphatic heterocycles. The molecule has 0 aromatic heterocycles. The molecule has 4 amide bonds. The van der Waals surface area contributed by atoms with E-state index in [0.29, 0.717) is 23.7 Å². The first-order valence-electron chi connectivity index (χ1n) is 8.94. The number of benzene rings is 2. The maximum Gasteiger partial charge on any atom is 0.321 e. The summed E-state index contributed by atoms with van der Waals surface area (Å²) in [5.41, 5.74) is 1.00. The third kappa shape index (κ3) is 6.20. The highest BCUT2D eigenvalue weighted by molar-refractivity contribution is 6.05. The zero-order valence-electron chi connectivity index (χ0n) is 16.3. The summed E-state index contributed by atoms with van der Waals surface area (Å²) in [5, 5.41) is 10.3. The number of hydrogen-bond acceptors (Lipinski definition) is 5. The molecular formula is C20H23FN4O4. The molecule has 0 aliphatic carbocycles. The number of nitrogens with one attached hydrogen (secondary N) is 4. The molecule has 8 nitrogen and oxygen atoms in total. The Morgan fingerprint density at radius 2 is 1.90 bits per heavy atom. The van der Waals surface area contributed by atoms with Crippen molar-refractivity contribution in [2.75, 3.05) is 24.3 Å². The van der Waals surface area contributed by atoms with Crippen LogP contribution in [-0.4, -0.2) is 37.5 Å². The van der Waals surface area contributed by atoms with Gasteiger partial charge in [0.2, 0.25) is 5.91 Å². The molecular weight excluding hydrogens is 379 g/mol. The van der Waals surface area contributed by atoms with E-state index in [1.54, 1.807) is 32.0 Å². The van der Waals surface area contributed by atoms with Crippen molar-refractivity contribution in [1.82, 2.24) is 10.6 Å². The maximum absolute atomic E-state index is 13.4. The maximum atomic E-state index is 13.4. The van der Waals surface area contributed by atoms with E-state index in [1.807, 2.05) is 0 Å². The molecule has 154 valence electrons. The van der Waals surface area contributed by atoms with Gasteiger partial charge in [0.05, 0.1) is 12.8 Å². The van der Waals surface area contributed by atoms with Crippen molar-refractivity contribution in [2.24, 2.45) is 0 Å². The van der Waals surface area contributed by atoms with Crippen molar-refractivity contribution in [2.45, 2.75) is 19.9 Å². The Kier molecular flexibility index (Phi) is 7.53. The number of methoxy groups -OCH3 is 1. The molecule has 0 saturated heterocycles. The number of anilines is 2.